The van der Waals surface area contributed by atoms with Crippen LogP contribution >= 0.6 is 0 Å². The monoisotopic (exact) mass is 391 g/mol. The van der Waals surface area contributed by atoms with Crippen LogP contribution in [-0.4, -0.2) is 38.9 Å². The molecule has 4 rings (SSSR count). The molecular weight excluding hydrogens is 373 g/mol. The van der Waals surface area contributed by atoms with E-state index in [1.807, 2.05) is 25.1 Å². The first-order chi connectivity index (χ1) is 14.1. The lowest BCUT2D eigenvalue weighted by atomic mass is 10.1. The van der Waals surface area contributed by atoms with E-state index in [2.05, 4.69) is 20.6 Å². The van der Waals surface area contributed by atoms with Crippen molar-refractivity contribution >= 4 is 11.6 Å². The van der Waals surface area contributed by atoms with Crippen LogP contribution in [0.15, 0.2) is 60.7 Å². The third-order valence-corrected chi connectivity index (χ3v) is 4.24. The Bertz CT molecular complexity index is 1170. The van der Waals surface area contributed by atoms with Crippen LogP contribution in [0.1, 0.15) is 15.9 Å². The molecule has 4 aromatic rings. The second-order valence-electron chi connectivity index (χ2n) is 6.45. The van der Waals surface area contributed by atoms with Gasteiger partial charge in [0, 0.05) is 17.2 Å². The smallest absolute Gasteiger partial charge is 0.251 e. The molecule has 0 fully saturated rings. The number of carbonyl (C=O) groups is 1. The van der Waals surface area contributed by atoms with Crippen LogP contribution in [0.25, 0.3) is 17.0 Å². The van der Waals surface area contributed by atoms with Crippen molar-refractivity contribution in [2.45, 2.75) is 6.92 Å². The van der Waals surface area contributed by atoms with Gasteiger partial charge in [0.1, 0.15) is 12.4 Å². The highest BCUT2D eigenvalue weighted by Gasteiger charge is 2.11. The first-order valence-electron chi connectivity index (χ1n) is 9.06. The molecule has 0 spiro atoms. The molecule has 0 radical (unpaired) electrons. The van der Waals surface area contributed by atoms with Crippen molar-refractivity contribution in [2.24, 2.45) is 0 Å². The van der Waals surface area contributed by atoms with Crippen molar-refractivity contribution in [3.05, 3.63) is 77.6 Å². The normalized spacial score (nSPS) is 10.8. The minimum atomic E-state index is -0.365. The number of aryl methyl sites for hydroxylation is 1. The Morgan fingerprint density at radius 1 is 1.10 bits per heavy atom. The Balaban J connectivity index is 1.41. The molecule has 2 aromatic heterocycles. The SMILES string of the molecule is Cc1cccc(C(=O)NCCOc2ccc3nnc(-c4cccc(F)c4)n3n2)c1. The predicted octanol–water partition coefficient (Wildman–Crippen LogP) is 3.05. The quantitative estimate of drug-likeness (QED) is 0.511. The summed E-state index contributed by atoms with van der Waals surface area (Å²) in [6.07, 6.45) is 0. The van der Waals surface area contributed by atoms with E-state index in [9.17, 15) is 9.18 Å². The first kappa shape index (κ1) is 18.5. The van der Waals surface area contributed by atoms with Crippen LogP contribution < -0.4 is 10.1 Å². The Labute approximate surface area is 166 Å². The molecule has 2 heterocycles. The van der Waals surface area contributed by atoms with Gasteiger partial charge in [-0.2, -0.15) is 4.52 Å². The van der Waals surface area contributed by atoms with E-state index in [0.717, 1.165) is 5.56 Å². The lowest BCUT2D eigenvalue weighted by Gasteiger charge is -2.08. The molecule has 0 bridgehead atoms. The van der Waals surface area contributed by atoms with Crippen LogP contribution in [-0.2, 0) is 0 Å². The fraction of sp³-hybridized carbons (Fsp3) is 0.143. The molecule has 0 aliphatic rings. The van der Waals surface area contributed by atoms with Crippen molar-refractivity contribution in [3.8, 4) is 17.3 Å². The summed E-state index contributed by atoms with van der Waals surface area (Å²) in [5, 5.41) is 15.3. The number of nitrogens with zero attached hydrogens (tertiary/aromatic N) is 4. The summed E-state index contributed by atoms with van der Waals surface area (Å²) in [6, 6.07) is 16.8. The number of aromatic nitrogens is 4. The zero-order chi connectivity index (χ0) is 20.2. The number of amides is 1. The molecule has 146 valence electrons. The molecule has 0 aliphatic carbocycles. The number of carbonyl (C=O) groups excluding carboxylic acids is 1. The molecule has 29 heavy (non-hydrogen) atoms. The summed E-state index contributed by atoms with van der Waals surface area (Å²) in [5.41, 5.74) is 2.71. The number of ether oxygens (including phenoxy) is 1. The highest BCUT2D eigenvalue weighted by atomic mass is 19.1. The first-order valence-corrected chi connectivity index (χ1v) is 9.06. The van der Waals surface area contributed by atoms with Gasteiger partial charge in [-0.05, 0) is 37.3 Å². The standard InChI is InChI=1S/C21H18FN5O2/c1-14-4-2-6-16(12-14)21(28)23-10-11-29-19-9-8-18-24-25-20(27(18)26-19)15-5-3-7-17(22)13-15/h2-9,12-13H,10-11H2,1H3,(H,23,28). The van der Waals surface area contributed by atoms with Gasteiger partial charge in [0.25, 0.3) is 5.91 Å². The fourth-order valence-corrected chi connectivity index (χ4v) is 2.87. The molecule has 8 heteroatoms. The summed E-state index contributed by atoms with van der Waals surface area (Å²) in [5.74, 6) is 0.237. The van der Waals surface area contributed by atoms with E-state index in [1.54, 1.807) is 30.3 Å². The van der Waals surface area contributed by atoms with Gasteiger partial charge >= 0.3 is 0 Å². The average molecular weight is 391 g/mol. The topological polar surface area (TPSA) is 81.4 Å². The molecule has 2 aromatic carbocycles. The number of rotatable bonds is 6. The van der Waals surface area contributed by atoms with E-state index in [1.165, 1.54) is 16.6 Å². The summed E-state index contributed by atoms with van der Waals surface area (Å²) in [6.45, 7) is 2.50. The van der Waals surface area contributed by atoms with Crippen LogP contribution in [0, 0.1) is 12.7 Å². The number of hydrogen-bond acceptors (Lipinski definition) is 5. The number of fused-ring (bicyclic) bond motifs is 1. The van der Waals surface area contributed by atoms with Crippen LogP contribution in [0.2, 0.25) is 0 Å². The zero-order valence-electron chi connectivity index (χ0n) is 15.7. The van der Waals surface area contributed by atoms with Crippen LogP contribution in [0.4, 0.5) is 4.39 Å². The maximum absolute atomic E-state index is 13.5. The van der Waals surface area contributed by atoms with Gasteiger partial charge in [0.2, 0.25) is 5.88 Å². The summed E-state index contributed by atoms with van der Waals surface area (Å²) >= 11 is 0. The van der Waals surface area contributed by atoms with Gasteiger partial charge in [0.15, 0.2) is 11.5 Å². The van der Waals surface area contributed by atoms with E-state index in [0.29, 0.717) is 35.0 Å². The molecule has 0 saturated heterocycles. The van der Waals surface area contributed by atoms with E-state index in [-0.39, 0.29) is 18.3 Å². The molecule has 0 atom stereocenters. The van der Waals surface area contributed by atoms with Gasteiger partial charge in [-0.3, -0.25) is 4.79 Å². The molecule has 1 N–H and O–H groups in total. The second kappa shape index (κ2) is 8.05. The third-order valence-electron chi connectivity index (χ3n) is 4.24. The highest BCUT2D eigenvalue weighted by molar-refractivity contribution is 5.94. The molecule has 0 aliphatic heterocycles. The van der Waals surface area contributed by atoms with Gasteiger partial charge < -0.3 is 10.1 Å². The lowest BCUT2D eigenvalue weighted by Crippen LogP contribution is -2.28. The van der Waals surface area contributed by atoms with E-state index in [4.69, 9.17) is 4.74 Å². The second-order valence-corrected chi connectivity index (χ2v) is 6.45. The van der Waals surface area contributed by atoms with Crippen molar-refractivity contribution in [1.29, 1.82) is 0 Å². The highest BCUT2D eigenvalue weighted by Crippen LogP contribution is 2.19. The Kier molecular flexibility index (Phi) is 5.15. The number of benzene rings is 2. The van der Waals surface area contributed by atoms with Gasteiger partial charge in [-0.1, -0.05) is 29.8 Å². The Hall–Kier alpha value is -3.81. The van der Waals surface area contributed by atoms with Gasteiger partial charge in [-0.15, -0.1) is 15.3 Å². The average Bonchev–Trinajstić information content (AvgIpc) is 3.14. The van der Waals surface area contributed by atoms with E-state index < -0.39 is 0 Å². The Morgan fingerprint density at radius 3 is 2.79 bits per heavy atom. The maximum atomic E-state index is 13.5. The number of hydrogen-bond donors (Lipinski definition) is 1. The number of halogens is 1. The van der Waals surface area contributed by atoms with Crippen molar-refractivity contribution in [2.75, 3.05) is 13.2 Å². The minimum Gasteiger partial charge on any atom is -0.475 e. The summed E-state index contributed by atoms with van der Waals surface area (Å²) in [4.78, 5) is 12.1. The van der Waals surface area contributed by atoms with Crippen molar-refractivity contribution < 1.29 is 13.9 Å². The maximum Gasteiger partial charge on any atom is 0.251 e. The van der Waals surface area contributed by atoms with Crippen LogP contribution in [0.5, 0.6) is 5.88 Å². The minimum absolute atomic E-state index is 0.159. The summed E-state index contributed by atoms with van der Waals surface area (Å²) < 4.78 is 20.6. The van der Waals surface area contributed by atoms with Crippen LogP contribution in [0.3, 0.4) is 0 Å². The Morgan fingerprint density at radius 2 is 1.97 bits per heavy atom. The largest absolute Gasteiger partial charge is 0.475 e. The number of nitrogens with one attached hydrogen (secondary N) is 1. The van der Waals surface area contributed by atoms with Crippen molar-refractivity contribution in [1.82, 2.24) is 25.1 Å². The molecule has 1 amide bonds. The zero-order valence-corrected chi connectivity index (χ0v) is 15.7. The summed E-state index contributed by atoms with van der Waals surface area (Å²) in [7, 11) is 0. The lowest BCUT2D eigenvalue weighted by molar-refractivity contribution is 0.0946. The molecule has 0 unspecified atom stereocenters. The van der Waals surface area contributed by atoms with Gasteiger partial charge in [-0.25, -0.2) is 4.39 Å². The van der Waals surface area contributed by atoms with Crippen molar-refractivity contribution in [3.63, 3.8) is 0 Å². The van der Waals surface area contributed by atoms with Gasteiger partial charge in [0.05, 0.1) is 6.54 Å². The molecular formula is C21H18FN5O2. The third kappa shape index (κ3) is 4.21. The fourth-order valence-electron chi connectivity index (χ4n) is 2.87. The molecule has 7 nitrogen and oxygen atoms in total. The van der Waals surface area contributed by atoms with E-state index >= 15 is 0 Å². The predicted molar refractivity (Wildman–Crippen MR) is 105 cm³/mol. The molecule has 0 saturated carbocycles.